The Bertz CT molecular complexity index is 326. The molecule has 0 amide bonds. The molecule has 0 aliphatic carbocycles. The minimum absolute atomic E-state index is 0.0415. The molecule has 1 rings (SSSR count). The molecule has 0 saturated carbocycles. The fourth-order valence-corrected chi connectivity index (χ4v) is 1.38. The summed E-state index contributed by atoms with van der Waals surface area (Å²) >= 11 is 5.68. The fraction of sp³-hybridized carbons (Fsp3) is 0.222. The van der Waals surface area contributed by atoms with Gasteiger partial charge in [0.05, 0.1) is 6.42 Å². The van der Waals surface area contributed by atoms with Crippen LogP contribution in [0.3, 0.4) is 0 Å². The molecule has 0 bridgehead atoms. The van der Waals surface area contributed by atoms with Crippen molar-refractivity contribution in [1.82, 2.24) is 0 Å². The molecule has 1 N–H and O–H groups in total. The van der Waals surface area contributed by atoms with Gasteiger partial charge in [-0.15, -0.1) is 0 Å². The highest BCUT2D eigenvalue weighted by atomic mass is 35.5. The fourth-order valence-electron chi connectivity index (χ4n) is 1.05. The zero-order valence-corrected chi connectivity index (χ0v) is 7.73. The van der Waals surface area contributed by atoms with Gasteiger partial charge in [-0.05, 0) is 24.6 Å². The van der Waals surface area contributed by atoms with Crippen LogP contribution in [-0.2, 0) is 11.2 Å². The van der Waals surface area contributed by atoms with Crippen LogP contribution in [0.5, 0.6) is 0 Å². The smallest absolute Gasteiger partial charge is 0.307 e. The lowest BCUT2D eigenvalue weighted by Crippen LogP contribution is -2.03. The average Bonchev–Trinajstić information content (AvgIpc) is 1.96. The molecule has 0 radical (unpaired) electrons. The summed E-state index contributed by atoms with van der Waals surface area (Å²) in [4.78, 5) is 10.3. The van der Waals surface area contributed by atoms with E-state index in [1.165, 1.54) is 6.07 Å². The molecule has 1 aromatic carbocycles. The molecular formula is C9H8ClFO2. The SMILES string of the molecule is Cc1cc(F)c(CC(=O)O)c(Cl)c1. The maximum atomic E-state index is 13.1. The first kappa shape index (κ1) is 9.99. The van der Waals surface area contributed by atoms with Gasteiger partial charge in [0.25, 0.3) is 0 Å². The second kappa shape index (κ2) is 3.75. The van der Waals surface area contributed by atoms with Gasteiger partial charge in [0.1, 0.15) is 5.82 Å². The van der Waals surface area contributed by atoms with E-state index in [-0.39, 0.29) is 17.0 Å². The number of benzene rings is 1. The van der Waals surface area contributed by atoms with E-state index in [0.29, 0.717) is 5.56 Å². The van der Waals surface area contributed by atoms with Crippen molar-refractivity contribution in [2.75, 3.05) is 0 Å². The summed E-state index contributed by atoms with van der Waals surface area (Å²) in [7, 11) is 0. The van der Waals surface area contributed by atoms with Gasteiger partial charge in [-0.3, -0.25) is 4.79 Å². The highest BCUT2D eigenvalue weighted by Crippen LogP contribution is 2.21. The molecule has 0 atom stereocenters. The molecule has 13 heavy (non-hydrogen) atoms. The van der Waals surface area contributed by atoms with Crippen LogP contribution in [0, 0.1) is 12.7 Å². The predicted octanol–water partition coefficient (Wildman–Crippen LogP) is 2.41. The van der Waals surface area contributed by atoms with Crippen LogP contribution in [0.1, 0.15) is 11.1 Å². The summed E-state index contributed by atoms with van der Waals surface area (Å²) < 4.78 is 13.1. The standard InChI is InChI=1S/C9H8ClFO2/c1-5-2-7(10)6(4-9(12)13)8(11)3-5/h2-3H,4H2,1H3,(H,12,13). The number of rotatable bonds is 2. The Balaban J connectivity index is 3.13. The van der Waals surface area contributed by atoms with Gasteiger partial charge in [0, 0.05) is 10.6 Å². The summed E-state index contributed by atoms with van der Waals surface area (Å²) in [6.07, 6.45) is -0.384. The third kappa shape index (κ3) is 2.42. The second-order valence-corrected chi connectivity index (χ2v) is 3.18. The van der Waals surface area contributed by atoms with Crippen molar-refractivity contribution in [3.63, 3.8) is 0 Å². The third-order valence-corrected chi connectivity index (χ3v) is 1.95. The van der Waals surface area contributed by atoms with Crippen molar-refractivity contribution in [3.8, 4) is 0 Å². The number of aryl methyl sites for hydroxylation is 1. The molecule has 2 nitrogen and oxygen atoms in total. The highest BCUT2D eigenvalue weighted by molar-refractivity contribution is 6.31. The Morgan fingerprint density at radius 3 is 2.69 bits per heavy atom. The molecule has 0 heterocycles. The van der Waals surface area contributed by atoms with Crippen molar-refractivity contribution < 1.29 is 14.3 Å². The second-order valence-electron chi connectivity index (χ2n) is 2.78. The molecule has 0 aromatic heterocycles. The number of carbonyl (C=O) groups is 1. The average molecular weight is 203 g/mol. The number of hydrogen-bond acceptors (Lipinski definition) is 1. The molecule has 4 heteroatoms. The molecule has 0 spiro atoms. The first-order valence-electron chi connectivity index (χ1n) is 3.67. The number of hydrogen-bond donors (Lipinski definition) is 1. The van der Waals surface area contributed by atoms with Crippen LogP contribution < -0.4 is 0 Å². The Morgan fingerprint density at radius 1 is 1.62 bits per heavy atom. The molecule has 0 aliphatic rings. The molecule has 0 aliphatic heterocycles. The summed E-state index contributed by atoms with van der Waals surface area (Å²) in [6.45, 7) is 1.69. The molecule has 0 unspecified atom stereocenters. The summed E-state index contributed by atoms with van der Waals surface area (Å²) in [5.74, 6) is -1.66. The largest absolute Gasteiger partial charge is 0.481 e. The lowest BCUT2D eigenvalue weighted by atomic mass is 10.1. The van der Waals surface area contributed by atoms with Crippen LogP contribution in [-0.4, -0.2) is 11.1 Å². The summed E-state index contributed by atoms with van der Waals surface area (Å²) in [5.41, 5.74) is 0.719. The lowest BCUT2D eigenvalue weighted by molar-refractivity contribution is -0.136. The Kier molecular flexibility index (Phi) is 2.88. The third-order valence-electron chi connectivity index (χ3n) is 1.61. The van der Waals surface area contributed by atoms with Crippen LogP contribution in [0.15, 0.2) is 12.1 Å². The van der Waals surface area contributed by atoms with Crippen LogP contribution in [0.4, 0.5) is 4.39 Å². The number of aliphatic carboxylic acids is 1. The highest BCUT2D eigenvalue weighted by Gasteiger charge is 2.11. The van der Waals surface area contributed by atoms with Crippen LogP contribution in [0.2, 0.25) is 5.02 Å². The first-order valence-corrected chi connectivity index (χ1v) is 4.05. The van der Waals surface area contributed by atoms with Crippen molar-refractivity contribution in [2.45, 2.75) is 13.3 Å². The molecular weight excluding hydrogens is 195 g/mol. The first-order chi connectivity index (χ1) is 6.00. The van der Waals surface area contributed by atoms with Gasteiger partial charge < -0.3 is 5.11 Å². The van der Waals surface area contributed by atoms with E-state index >= 15 is 0 Å². The van der Waals surface area contributed by atoms with Gasteiger partial charge >= 0.3 is 5.97 Å². The Hall–Kier alpha value is -1.09. The van der Waals surface area contributed by atoms with Crippen molar-refractivity contribution >= 4 is 17.6 Å². The zero-order chi connectivity index (χ0) is 10.0. The minimum Gasteiger partial charge on any atom is -0.481 e. The number of carboxylic acid groups (broad SMARTS) is 1. The topological polar surface area (TPSA) is 37.3 Å². The van der Waals surface area contributed by atoms with E-state index in [2.05, 4.69) is 0 Å². The van der Waals surface area contributed by atoms with Gasteiger partial charge in [0.15, 0.2) is 0 Å². The predicted molar refractivity (Wildman–Crippen MR) is 47.5 cm³/mol. The van der Waals surface area contributed by atoms with E-state index in [0.717, 1.165) is 0 Å². The van der Waals surface area contributed by atoms with Crippen molar-refractivity contribution in [3.05, 3.63) is 34.1 Å². The Morgan fingerprint density at radius 2 is 2.23 bits per heavy atom. The summed E-state index contributed by atoms with van der Waals surface area (Å²) in [6, 6.07) is 2.81. The van der Waals surface area contributed by atoms with E-state index in [1.807, 2.05) is 0 Å². The minimum atomic E-state index is -1.09. The molecule has 70 valence electrons. The maximum Gasteiger partial charge on any atom is 0.307 e. The number of halogens is 2. The van der Waals surface area contributed by atoms with E-state index in [1.54, 1.807) is 13.0 Å². The maximum absolute atomic E-state index is 13.1. The van der Waals surface area contributed by atoms with E-state index < -0.39 is 11.8 Å². The van der Waals surface area contributed by atoms with Crippen molar-refractivity contribution in [1.29, 1.82) is 0 Å². The lowest BCUT2D eigenvalue weighted by Gasteiger charge is -2.03. The Labute approximate surface area is 80.0 Å². The van der Waals surface area contributed by atoms with Gasteiger partial charge in [-0.2, -0.15) is 0 Å². The molecule has 0 fully saturated rings. The van der Waals surface area contributed by atoms with E-state index in [4.69, 9.17) is 16.7 Å². The van der Waals surface area contributed by atoms with Crippen LogP contribution >= 0.6 is 11.6 Å². The summed E-state index contributed by atoms with van der Waals surface area (Å²) in [5, 5.41) is 8.63. The van der Waals surface area contributed by atoms with E-state index in [9.17, 15) is 9.18 Å². The quantitative estimate of drug-likeness (QED) is 0.800. The van der Waals surface area contributed by atoms with Gasteiger partial charge in [-0.25, -0.2) is 4.39 Å². The monoisotopic (exact) mass is 202 g/mol. The van der Waals surface area contributed by atoms with Gasteiger partial charge in [-0.1, -0.05) is 11.6 Å². The normalized spacial score (nSPS) is 10.1. The van der Waals surface area contributed by atoms with Gasteiger partial charge in [0.2, 0.25) is 0 Å². The zero-order valence-electron chi connectivity index (χ0n) is 6.97. The number of carboxylic acids is 1. The van der Waals surface area contributed by atoms with Crippen LogP contribution in [0.25, 0.3) is 0 Å². The van der Waals surface area contributed by atoms with Crippen molar-refractivity contribution in [2.24, 2.45) is 0 Å². The molecule has 0 saturated heterocycles. The molecule has 1 aromatic rings.